The molecule has 0 bridgehead atoms. The van der Waals surface area contributed by atoms with Crippen molar-refractivity contribution in [2.45, 2.75) is 75.7 Å². The summed E-state index contributed by atoms with van der Waals surface area (Å²) >= 11 is 0. The molecule has 0 radical (unpaired) electrons. The number of hydrogen-bond donors (Lipinski definition) is 7. The van der Waals surface area contributed by atoms with Gasteiger partial charge in [0, 0.05) is 19.4 Å². The van der Waals surface area contributed by atoms with Crippen molar-refractivity contribution in [3.8, 4) is 0 Å². The van der Waals surface area contributed by atoms with Gasteiger partial charge in [0.25, 0.3) is 0 Å². The Morgan fingerprint density at radius 3 is 2.15 bits per heavy atom. The first-order valence-electron chi connectivity index (χ1n) is 10.4. The highest BCUT2D eigenvalue weighted by atomic mass is 16.4. The molecular weight excluding hydrogens is 442 g/mol. The molecule has 1 heterocycles. The van der Waals surface area contributed by atoms with E-state index in [9.17, 15) is 39.0 Å². The van der Waals surface area contributed by atoms with E-state index in [-0.39, 0.29) is 25.8 Å². The van der Waals surface area contributed by atoms with Crippen molar-refractivity contribution in [3.05, 3.63) is 0 Å². The van der Waals surface area contributed by atoms with Crippen LogP contribution in [0.25, 0.3) is 0 Å². The summed E-state index contributed by atoms with van der Waals surface area (Å²) in [4.78, 5) is 72.5. The third kappa shape index (κ3) is 8.65. The zero-order valence-corrected chi connectivity index (χ0v) is 18.2. The molecule has 1 saturated heterocycles. The van der Waals surface area contributed by atoms with Crippen molar-refractivity contribution in [3.63, 3.8) is 0 Å². The lowest BCUT2D eigenvalue weighted by Gasteiger charge is -2.29. The topological polar surface area (TPSA) is 242 Å². The maximum Gasteiger partial charge on any atom is 0.326 e. The average molecular weight is 473 g/mol. The van der Waals surface area contributed by atoms with Crippen LogP contribution in [0.15, 0.2) is 0 Å². The van der Waals surface area contributed by atoms with Gasteiger partial charge in [0.1, 0.15) is 24.2 Å². The molecule has 0 aromatic carbocycles. The maximum absolute atomic E-state index is 12.8. The SMILES string of the molecule is CC(O)C(N)C(=O)N1CCCC1C(=O)NC(CCC(N)=O)C(=O)NC(CCC(=O)O)C(=O)O. The van der Waals surface area contributed by atoms with Crippen LogP contribution in [0.5, 0.6) is 0 Å². The number of rotatable bonds is 13. The fraction of sp³-hybridized carbons (Fsp3) is 0.684. The van der Waals surface area contributed by atoms with Gasteiger partial charge in [-0.3, -0.25) is 24.0 Å². The summed E-state index contributed by atoms with van der Waals surface area (Å²) in [5.74, 6) is -5.79. The van der Waals surface area contributed by atoms with Gasteiger partial charge in [-0.15, -0.1) is 0 Å². The lowest BCUT2D eigenvalue weighted by atomic mass is 10.1. The van der Waals surface area contributed by atoms with Gasteiger partial charge in [-0.05, 0) is 32.6 Å². The van der Waals surface area contributed by atoms with Gasteiger partial charge >= 0.3 is 11.9 Å². The number of carbonyl (C=O) groups excluding carboxylic acids is 4. The third-order valence-electron chi connectivity index (χ3n) is 5.22. The standard InChI is InChI=1S/C19H31N5O9/c1-9(25)15(21)18(31)24-8-2-3-12(24)17(30)22-10(4-6-13(20)26)16(29)23-11(19(32)33)5-7-14(27)28/h9-12,15,25H,2-8,21H2,1H3,(H2,20,26)(H,22,30)(H,23,29)(H,27,28)(H,32,33). The molecule has 0 aromatic rings. The van der Waals surface area contributed by atoms with Gasteiger partial charge in [0.15, 0.2) is 0 Å². The summed E-state index contributed by atoms with van der Waals surface area (Å²) in [7, 11) is 0. The molecule has 1 fully saturated rings. The van der Waals surface area contributed by atoms with E-state index in [4.69, 9.17) is 16.6 Å². The number of nitrogens with two attached hydrogens (primary N) is 2. The highest BCUT2D eigenvalue weighted by molar-refractivity contribution is 5.94. The summed E-state index contributed by atoms with van der Waals surface area (Å²) in [6, 6.07) is -5.11. The Labute approximate surface area is 189 Å². The second-order valence-corrected chi connectivity index (χ2v) is 7.85. The van der Waals surface area contributed by atoms with E-state index in [0.717, 1.165) is 0 Å². The molecule has 4 amide bonds. The molecule has 9 N–H and O–H groups in total. The van der Waals surface area contributed by atoms with Gasteiger partial charge in [-0.25, -0.2) is 4.79 Å². The number of nitrogens with one attached hydrogen (secondary N) is 2. The van der Waals surface area contributed by atoms with Gasteiger partial charge < -0.3 is 42.3 Å². The van der Waals surface area contributed by atoms with Gasteiger partial charge in [0.05, 0.1) is 6.10 Å². The largest absolute Gasteiger partial charge is 0.481 e. The molecule has 1 rings (SSSR count). The van der Waals surface area contributed by atoms with Crippen LogP contribution in [0.3, 0.4) is 0 Å². The number of carbonyl (C=O) groups is 6. The quantitative estimate of drug-likeness (QED) is 0.142. The summed E-state index contributed by atoms with van der Waals surface area (Å²) in [6.07, 6.45) is -1.85. The molecule has 5 unspecified atom stereocenters. The van der Waals surface area contributed by atoms with Crippen LogP contribution in [-0.2, 0) is 28.8 Å². The molecule has 186 valence electrons. The number of primary amides is 1. The smallest absolute Gasteiger partial charge is 0.326 e. The second kappa shape index (κ2) is 12.7. The molecule has 0 saturated carbocycles. The summed E-state index contributed by atoms with van der Waals surface area (Å²) in [6.45, 7) is 1.55. The van der Waals surface area contributed by atoms with Crippen LogP contribution in [0.1, 0.15) is 45.4 Å². The Kier molecular flexibility index (Phi) is 10.7. The van der Waals surface area contributed by atoms with E-state index < -0.39 is 78.7 Å². The number of aliphatic carboxylic acids is 2. The first-order valence-corrected chi connectivity index (χ1v) is 10.4. The molecule has 1 aliphatic heterocycles. The number of aliphatic hydroxyl groups is 1. The lowest BCUT2D eigenvalue weighted by molar-refractivity contribution is -0.144. The Balaban J connectivity index is 2.95. The van der Waals surface area contributed by atoms with E-state index in [1.54, 1.807) is 0 Å². The van der Waals surface area contributed by atoms with E-state index in [1.165, 1.54) is 11.8 Å². The van der Waals surface area contributed by atoms with Crippen LogP contribution >= 0.6 is 0 Å². The molecule has 5 atom stereocenters. The number of carboxylic acids is 2. The van der Waals surface area contributed by atoms with E-state index >= 15 is 0 Å². The molecule has 14 heteroatoms. The number of amides is 4. The first-order chi connectivity index (χ1) is 15.3. The van der Waals surface area contributed by atoms with Crippen molar-refractivity contribution in [2.75, 3.05) is 6.54 Å². The van der Waals surface area contributed by atoms with Gasteiger partial charge in [-0.1, -0.05) is 0 Å². The zero-order valence-electron chi connectivity index (χ0n) is 18.2. The number of hydrogen-bond acceptors (Lipinski definition) is 8. The van der Waals surface area contributed by atoms with Crippen molar-refractivity contribution in [2.24, 2.45) is 11.5 Å². The van der Waals surface area contributed by atoms with Crippen molar-refractivity contribution < 1.29 is 44.1 Å². The van der Waals surface area contributed by atoms with Crippen LogP contribution < -0.4 is 22.1 Å². The predicted molar refractivity (Wildman–Crippen MR) is 111 cm³/mol. The Morgan fingerprint density at radius 2 is 1.64 bits per heavy atom. The van der Waals surface area contributed by atoms with E-state index in [1.807, 2.05) is 0 Å². The lowest BCUT2D eigenvalue weighted by Crippen LogP contribution is -2.57. The Morgan fingerprint density at radius 1 is 1.03 bits per heavy atom. The zero-order chi connectivity index (χ0) is 25.3. The number of likely N-dealkylation sites (tertiary alicyclic amines) is 1. The molecule has 33 heavy (non-hydrogen) atoms. The molecular formula is C19H31N5O9. The Bertz CT molecular complexity index is 773. The minimum atomic E-state index is -1.53. The highest BCUT2D eigenvalue weighted by Gasteiger charge is 2.38. The van der Waals surface area contributed by atoms with E-state index in [2.05, 4.69) is 10.6 Å². The second-order valence-electron chi connectivity index (χ2n) is 7.85. The average Bonchev–Trinajstić information content (AvgIpc) is 3.21. The van der Waals surface area contributed by atoms with Crippen LogP contribution in [0.2, 0.25) is 0 Å². The molecule has 1 aliphatic rings. The molecule has 0 aliphatic carbocycles. The van der Waals surface area contributed by atoms with Gasteiger partial charge in [0.2, 0.25) is 23.6 Å². The summed E-state index contributed by atoms with van der Waals surface area (Å²) in [5.41, 5.74) is 10.8. The first kappa shape index (κ1) is 27.8. The minimum absolute atomic E-state index is 0.214. The fourth-order valence-electron chi connectivity index (χ4n) is 3.32. The summed E-state index contributed by atoms with van der Waals surface area (Å²) in [5, 5.41) is 32.1. The highest BCUT2D eigenvalue weighted by Crippen LogP contribution is 2.19. The third-order valence-corrected chi connectivity index (χ3v) is 5.22. The number of aliphatic hydroxyl groups excluding tert-OH is 1. The normalized spacial score (nSPS) is 19.1. The molecule has 0 aromatic heterocycles. The van der Waals surface area contributed by atoms with Crippen LogP contribution in [-0.4, -0.2) is 92.6 Å². The summed E-state index contributed by atoms with van der Waals surface area (Å²) < 4.78 is 0. The monoisotopic (exact) mass is 473 g/mol. The van der Waals surface area contributed by atoms with Crippen molar-refractivity contribution in [1.29, 1.82) is 0 Å². The van der Waals surface area contributed by atoms with E-state index in [0.29, 0.717) is 6.42 Å². The predicted octanol–water partition coefficient (Wildman–Crippen LogP) is -3.13. The minimum Gasteiger partial charge on any atom is -0.481 e. The fourth-order valence-corrected chi connectivity index (χ4v) is 3.32. The maximum atomic E-state index is 12.8. The van der Waals surface area contributed by atoms with Gasteiger partial charge in [-0.2, -0.15) is 0 Å². The number of nitrogens with zero attached hydrogens (tertiary/aromatic N) is 1. The van der Waals surface area contributed by atoms with Crippen LogP contribution in [0, 0.1) is 0 Å². The van der Waals surface area contributed by atoms with Crippen molar-refractivity contribution >= 4 is 35.6 Å². The number of carboxylic acid groups (broad SMARTS) is 2. The van der Waals surface area contributed by atoms with Crippen molar-refractivity contribution in [1.82, 2.24) is 15.5 Å². The molecule has 0 spiro atoms. The Hall–Kier alpha value is -3.26. The molecule has 14 nitrogen and oxygen atoms in total. The van der Waals surface area contributed by atoms with Crippen LogP contribution in [0.4, 0.5) is 0 Å².